The maximum Gasteiger partial charge on any atom is 0.110 e. The Hall–Kier alpha value is -0.850. The molecule has 0 fully saturated rings. The number of hydrogen-bond donors (Lipinski definition) is 0. The Morgan fingerprint density at radius 3 is 2.43 bits per heavy atom. The van der Waals surface area contributed by atoms with Crippen LogP contribution >= 0.6 is 11.3 Å². The van der Waals surface area contributed by atoms with Gasteiger partial charge in [-0.05, 0) is 17.5 Å². The van der Waals surface area contributed by atoms with Crippen molar-refractivity contribution in [3.8, 4) is 6.07 Å². The highest BCUT2D eigenvalue weighted by atomic mass is 32.1. The summed E-state index contributed by atoms with van der Waals surface area (Å²) in [5, 5.41) is 8.73. The molecule has 1 rings (SSSR count). The van der Waals surface area contributed by atoms with Gasteiger partial charge in [-0.1, -0.05) is 20.8 Å². The van der Waals surface area contributed by atoms with E-state index in [0.717, 1.165) is 9.75 Å². The molecule has 1 heterocycles. The van der Waals surface area contributed by atoms with Gasteiger partial charge in [-0.15, -0.1) is 11.3 Å². The van der Waals surface area contributed by atoms with Gasteiger partial charge in [0.05, 0.1) is 6.10 Å². The van der Waals surface area contributed by atoms with E-state index in [1.165, 1.54) is 11.3 Å². The van der Waals surface area contributed by atoms with E-state index in [2.05, 4.69) is 26.8 Å². The van der Waals surface area contributed by atoms with Crippen molar-refractivity contribution in [1.29, 1.82) is 5.26 Å². The van der Waals surface area contributed by atoms with Gasteiger partial charge in [0, 0.05) is 12.0 Å². The Morgan fingerprint density at radius 2 is 2.07 bits per heavy atom. The number of nitrogens with zero attached hydrogens (tertiary/aromatic N) is 1. The van der Waals surface area contributed by atoms with E-state index >= 15 is 0 Å². The van der Waals surface area contributed by atoms with E-state index in [9.17, 15) is 0 Å². The van der Waals surface area contributed by atoms with Crippen molar-refractivity contribution >= 4 is 11.3 Å². The summed E-state index contributed by atoms with van der Waals surface area (Å²) in [5.74, 6) is 0. The van der Waals surface area contributed by atoms with Gasteiger partial charge in [0.25, 0.3) is 0 Å². The molecule has 1 aromatic heterocycles. The zero-order valence-electron chi connectivity index (χ0n) is 9.00. The second kappa shape index (κ2) is 4.12. The summed E-state index contributed by atoms with van der Waals surface area (Å²) in [6.45, 7) is 6.40. The van der Waals surface area contributed by atoms with Crippen molar-refractivity contribution in [2.45, 2.75) is 26.9 Å². The lowest BCUT2D eigenvalue weighted by molar-refractivity contribution is 0.0179. The van der Waals surface area contributed by atoms with Crippen LogP contribution in [0.15, 0.2) is 12.1 Å². The van der Waals surface area contributed by atoms with Gasteiger partial charge in [0.15, 0.2) is 0 Å². The van der Waals surface area contributed by atoms with Crippen molar-refractivity contribution in [2.75, 3.05) is 7.11 Å². The van der Waals surface area contributed by atoms with Gasteiger partial charge in [-0.2, -0.15) is 5.26 Å². The second-order valence-corrected chi connectivity index (χ2v) is 5.41. The fraction of sp³-hybridized carbons (Fsp3) is 0.545. The molecule has 0 spiro atoms. The minimum atomic E-state index is 0.0618. The van der Waals surface area contributed by atoms with Gasteiger partial charge in [0.1, 0.15) is 10.9 Å². The van der Waals surface area contributed by atoms with Crippen LogP contribution in [-0.4, -0.2) is 7.11 Å². The van der Waals surface area contributed by atoms with E-state index in [4.69, 9.17) is 10.00 Å². The van der Waals surface area contributed by atoms with Crippen molar-refractivity contribution in [2.24, 2.45) is 5.41 Å². The summed E-state index contributed by atoms with van der Waals surface area (Å²) in [6.07, 6.45) is 0.0644. The molecule has 0 radical (unpaired) electrons. The van der Waals surface area contributed by atoms with Crippen molar-refractivity contribution in [3.63, 3.8) is 0 Å². The van der Waals surface area contributed by atoms with Crippen LogP contribution in [0.5, 0.6) is 0 Å². The van der Waals surface area contributed by atoms with Crippen LogP contribution in [0.3, 0.4) is 0 Å². The topological polar surface area (TPSA) is 33.0 Å². The third kappa shape index (κ3) is 2.34. The van der Waals surface area contributed by atoms with E-state index in [1.54, 1.807) is 7.11 Å². The molecule has 76 valence electrons. The lowest BCUT2D eigenvalue weighted by atomic mass is 9.88. The highest BCUT2D eigenvalue weighted by Gasteiger charge is 2.27. The molecule has 0 aliphatic carbocycles. The van der Waals surface area contributed by atoms with Crippen molar-refractivity contribution in [3.05, 3.63) is 21.9 Å². The molecule has 3 heteroatoms. The zero-order chi connectivity index (χ0) is 10.8. The molecule has 0 amide bonds. The number of rotatable bonds is 2. The third-order valence-corrected chi connectivity index (χ3v) is 3.05. The SMILES string of the molecule is COC(c1ccc(C#N)s1)C(C)(C)C. The maximum atomic E-state index is 8.73. The zero-order valence-corrected chi connectivity index (χ0v) is 9.81. The highest BCUT2D eigenvalue weighted by molar-refractivity contribution is 7.12. The minimum absolute atomic E-state index is 0.0618. The van der Waals surface area contributed by atoms with Crippen molar-refractivity contribution in [1.82, 2.24) is 0 Å². The molecule has 0 aliphatic heterocycles. The second-order valence-electron chi connectivity index (χ2n) is 4.30. The molecular weight excluding hydrogens is 194 g/mol. The first kappa shape index (κ1) is 11.2. The largest absolute Gasteiger partial charge is 0.375 e. The molecule has 2 nitrogen and oxygen atoms in total. The Kier molecular flexibility index (Phi) is 3.30. The summed E-state index contributed by atoms with van der Waals surface area (Å²) < 4.78 is 5.46. The fourth-order valence-electron chi connectivity index (χ4n) is 1.45. The Bertz CT molecular complexity index is 343. The minimum Gasteiger partial charge on any atom is -0.375 e. The first-order valence-corrected chi connectivity index (χ1v) is 5.33. The number of thiophene rings is 1. The number of hydrogen-bond acceptors (Lipinski definition) is 3. The monoisotopic (exact) mass is 209 g/mol. The molecular formula is C11H15NOS. The molecule has 14 heavy (non-hydrogen) atoms. The Morgan fingerprint density at radius 1 is 1.43 bits per heavy atom. The molecule has 1 unspecified atom stereocenters. The van der Waals surface area contributed by atoms with Crippen LogP contribution in [-0.2, 0) is 4.74 Å². The molecule has 0 bridgehead atoms. The van der Waals surface area contributed by atoms with Gasteiger partial charge in [-0.25, -0.2) is 0 Å². The molecule has 0 saturated heterocycles. The van der Waals surface area contributed by atoms with Gasteiger partial charge in [-0.3, -0.25) is 0 Å². The average molecular weight is 209 g/mol. The van der Waals surface area contributed by atoms with Gasteiger partial charge < -0.3 is 4.74 Å². The van der Waals surface area contributed by atoms with E-state index < -0.39 is 0 Å². The Balaban J connectivity index is 2.97. The van der Waals surface area contributed by atoms with Crippen LogP contribution < -0.4 is 0 Å². The highest BCUT2D eigenvalue weighted by Crippen LogP contribution is 2.38. The van der Waals surface area contributed by atoms with E-state index in [1.807, 2.05) is 12.1 Å². The molecule has 1 atom stereocenters. The van der Waals surface area contributed by atoms with Gasteiger partial charge in [0.2, 0.25) is 0 Å². The fourth-order valence-corrected chi connectivity index (χ4v) is 2.58. The van der Waals surface area contributed by atoms with Crippen LogP contribution in [0.25, 0.3) is 0 Å². The first-order chi connectivity index (χ1) is 6.49. The molecule has 1 aromatic rings. The normalized spacial score (nSPS) is 13.6. The summed E-state index contributed by atoms with van der Waals surface area (Å²) in [4.78, 5) is 1.86. The quantitative estimate of drug-likeness (QED) is 0.748. The van der Waals surface area contributed by atoms with Crippen LogP contribution in [0.2, 0.25) is 0 Å². The molecule has 0 aromatic carbocycles. The van der Waals surface area contributed by atoms with Crippen molar-refractivity contribution < 1.29 is 4.74 Å². The average Bonchev–Trinajstić information content (AvgIpc) is 2.51. The molecule has 0 saturated carbocycles. The van der Waals surface area contributed by atoms with Gasteiger partial charge >= 0.3 is 0 Å². The Labute approximate surface area is 89.1 Å². The summed E-state index contributed by atoms with van der Waals surface area (Å²) in [6, 6.07) is 5.96. The summed E-state index contributed by atoms with van der Waals surface area (Å²) in [7, 11) is 1.71. The van der Waals surface area contributed by atoms with E-state index in [0.29, 0.717) is 0 Å². The molecule has 0 aliphatic rings. The third-order valence-electron chi connectivity index (χ3n) is 2.02. The number of ether oxygens (including phenoxy) is 1. The van der Waals surface area contributed by atoms with Crippen LogP contribution in [0.1, 0.15) is 36.6 Å². The predicted octanol–water partition coefficient (Wildman–Crippen LogP) is 3.35. The number of nitriles is 1. The summed E-state index contributed by atoms with van der Waals surface area (Å²) >= 11 is 1.51. The van der Waals surface area contributed by atoms with Crippen LogP contribution in [0, 0.1) is 16.7 Å². The first-order valence-electron chi connectivity index (χ1n) is 4.51. The van der Waals surface area contributed by atoms with E-state index in [-0.39, 0.29) is 11.5 Å². The number of methoxy groups -OCH3 is 1. The maximum absolute atomic E-state index is 8.73. The molecule has 0 N–H and O–H groups in total. The predicted molar refractivity (Wildman–Crippen MR) is 58.2 cm³/mol. The standard InChI is InChI=1S/C11H15NOS/c1-11(2,3)10(13-4)9-6-5-8(7-12)14-9/h5-6,10H,1-4H3. The lowest BCUT2D eigenvalue weighted by Crippen LogP contribution is -2.18. The summed E-state index contributed by atoms with van der Waals surface area (Å²) in [5.41, 5.74) is 0.0618. The smallest absolute Gasteiger partial charge is 0.110 e. The lowest BCUT2D eigenvalue weighted by Gasteiger charge is -2.28. The van der Waals surface area contributed by atoms with Crippen LogP contribution in [0.4, 0.5) is 0 Å².